The summed E-state index contributed by atoms with van der Waals surface area (Å²) in [6, 6.07) is 9.10. The molecule has 0 aromatic heterocycles. The van der Waals surface area contributed by atoms with E-state index in [0.717, 1.165) is 10.4 Å². The van der Waals surface area contributed by atoms with E-state index in [2.05, 4.69) is 0 Å². The maximum absolute atomic E-state index is 14.0. The Bertz CT molecular complexity index is 817. The van der Waals surface area contributed by atoms with E-state index in [4.69, 9.17) is 11.6 Å². The lowest BCUT2D eigenvalue weighted by Gasteiger charge is -2.23. The van der Waals surface area contributed by atoms with E-state index in [1.807, 2.05) is 0 Å². The second-order valence-electron chi connectivity index (χ2n) is 5.41. The Kier molecular flexibility index (Phi) is 4.40. The van der Waals surface area contributed by atoms with Crippen LogP contribution in [0.25, 0.3) is 0 Å². The zero-order valence-electron chi connectivity index (χ0n) is 12.0. The first kappa shape index (κ1) is 16.4. The zero-order valence-corrected chi connectivity index (χ0v) is 13.6. The molecule has 2 aromatic rings. The quantitative estimate of drug-likeness (QED) is 0.812. The van der Waals surface area contributed by atoms with Crippen LogP contribution in [0.2, 0.25) is 5.02 Å². The smallest absolute Gasteiger partial charge is 0.207 e. The predicted molar refractivity (Wildman–Crippen MR) is 83.6 cm³/mol. The molecule has 0 unspecified atom stereocenters. The molecule has 0 bridgehead atoms. The van der Waals surface area contributed by atoms with E-state index in [1.54, 1.807) is 0 Å². The lowest BCUT2D eigenvalue weighted by atomic mass is 10.2. The summed E-state index contributed by atoms with van der Waals surface area (Å²) in [6.07, 6.45) is 1.33. The maximum atomic E-state index is 14.0. The summed E-state index contributed by atoms with van der Waals surface area (Å²) in [7, 11) is -4.07. The molecule has 0 N–H and O–H groups in total. The summed E-state index contributed by atoms with van der Waals surface area (Å²) in [5.41, 5.74) is 0.0981. The highest BCUT2D eigenvalue weighted by Gasteiger charge is 2.39. The first-order valence-electron chi connectivity index (χ1n) is 7.10. The highest BCUT2D eigenvalue weighted by Crippen LogP contribution is 2.35. The van der Waals surface area contributed by atoms with Crippen LogP contribution in [0.4, 0.5) is 8.78 Å². The molecule has 1 aliphatic carbocycles. The Labute approximate surface area is 138 Å². The molecule has 0 radical (unpaired) electrons. The van der Waals surface area contributed by atoms with Crippen LogP contribution in [0.15, 0.2) is 47.4 Å². The van der Waals surface area contributed by atoms with Gasteiger partial charge in [-0.05, 0) is 37.1 Å². The van der Waals surface area contributed by atoms with Crippen LogP contribution in [-0.4, -0.2) is 18.8 Å². The van der Waals surface area contributed by atoms with Crippen molar-refractivity contribution in [3.63, 3.8) is 0 Å². The van der Waals surface area contributed by atoms with Crippen molar-refractivity contribution in [1.29, 1.82) is 0 Å². The van der Waals surface area contributed by atoms with Gasteiger partial charge >= 0.3 is 0 Å². The van der Waals surface area contributed by atoms with Crippen molar-refractivity contribution in [2.75, 3.05) is 0 Å². The Balaban J connectivity index is 2.01. The molecular formula is C16H14ClF2NO2S. The summed E-state index contributed by atoms with van der Waals surface area (Å²) >= 11 is 5.99. The van der Waals surface area contributed by atoms with Crippen molar-refractivity contribution in [3.05, 3.63) is 64.7 Å². The van der Waals surface area contributed by atoms with Gasteiger partial charge < -0.3 is 0 Å². The van der Waals surface area contributed by atoms with Crippen LogP contribution in [-0.2, 0) is 16.6 Å². The molecule has 0 spiro atoms. The van der Waals surface area contributed by atoms with Crippen LogP contribution in [0.3, 0.4) is 0 Å². The van der Waals surface area contributed by atoms with Crippen molar-refractivity contribution < 1.29 is 17.2 Å². The first-order valence-corrected chi connectivity index (χ1v) is 8.92. The Morgan fingerprint density at radius 1 is 1.04 bits per heavy atom. The molecule has 7 heteroatoms. The molecule has 1 saturated carbocycles. The summed E-state index contributed by atoms with van der Waals surface area (Å²) in [4.78, 5) is -0.403. The number of sulfonamides is 1. The van der Waals surface area contributed by atoms with Gasteiger partial charge in [0.05, 0.1) is 0 Å². The Morgan fingerprint density at radius 3 is 2.30 bits per heavy atom. The third-order valence-corrected chi connectivity index (χ3v) is 6.04. The highest BCUT2D eigenvalue weighted by molar-refractivity contribution is 7.89. The minimum atomic E-state index is -4.07. The van der Waals surface area contributed by atoms with E-state index in [1.165, 1.54) is 36.4 Å². The largest absolute Gasteiger partial charge is 0.246 e. The molecule has 3 rings (SSSR count). The third-order valence-electron chi connectivity index (χ3n) is 3.75. The minimum Gasteiger partial charge on any atom is -0.207 e. The topological polar surface area (TPSA) is 37.4 Å². The molecule has 0 saturated heterocycles. The molecule has 122 valence electrons. The molecule has 1 fully saturated rings. The molecule has 1 aliphatic rings. The zero-order chi connectivity index (χ0) is 16.6. The van der Waals surface area contributed by atoms with Crippen molar-refractivity contribution in [1.82, 2.24) is 4.31 Å². The standard InChI is InChI=1S/C16H14ClF2NO2S/c17-13-4-3-6-14(18)12(13)10-20(11-8-9-11)23(21,22)16-7-2-1-5-15(16)19/h1-7,11H,8-10H2. The fourth-order valence-corrected chi connectivity index (χ4v) is 4.34. The third kappa shape index (κ3) is 3.24. The molecule has 0 amide bonds. The van der Waals surface area contributed by atoms with Gasteiger partial charge in [-0.3, -0.25) is 0 Å². The number of nitrogens with zero attached hydrogens (tertiary/aromatic N) is 1. The van der Waals surface area contributed by atoms with E-state index in [0.29, 0.717) is 12.8 Å². The van der Waals surface area contributed by atoms with Crippen molar-refractivity contribution in [2.24, 2.45) is 0 Å². The van der Waals surface area contributed by atoms with Gasteiger partial charge in [0.15, 0.2) is 0 Å². The van der Waals surface area contributed by atoms with Gasteiger partial charge in [0.1, 0.15) is 16.5 Å². The predicted octanol–water partition coefficient (Wildman–Crippen LogP) is 3.97. The lowest BCUT2D eigenvalue weighted by Crippen LogP contribution is -2.33. The summed E-state index contributed by atoms with van der Waals surface area (Å²) in [5.74, 6) is -1.40. The Hall–Kier alpha value is -1.50. The van der Waals surface area contributed by atoms with Crippen LogP contribution in [0.1, 0.15) is 18.4 Å². The number of benzene rings is 2. The number of halogens is 3. The molecule has 0 heterocycles. The molecule has 23 heavy (non-hydrogen) atoms. The van der Waals surface area contributed by atoms with Crippen LogP contribution in [0, 0.1) is 11.6 Å². The SMILES string of the molecule is O=S(=O)(c1ccccc1F)N(Cc1c(F)cccc1Cl)C1CC1. The van der Waals surface area contributed by atoms with E-state index in [9.17, 15) is 17.2 Å². The van der Waals surface area contributed by atoms with Gasteiger partial charge in [-0.2, -0.15) is 4.31 Å². The average Bonchev–Trinajstić information content (AvgIpc) is 3.31. The summed E-state index contributed by atoms with van der Waals surface area (Å²) in [5, 5.41) is 0.152. The van der Waals surface area contributed by atoms with E-state index in [-0.39, 0.29) is 23.2 Å². The van der Waals surface area contributed by atoms with E-state index < -0.39 is 26.6 Å². The summed E-state index contributed by atoms with van der Waals surface area (Å²) in [6.45, 7) is -0.215. The fraction of sp³-hybridized carbons (Fsp3) is 0.250. The van der Waals surface area contributed by atoms with E-state index >= 15 is 0 Å². The van der Waals surface area contributed by atoms with Crippen molar-refractivity contribution >= 4 is 21.6 Å². The normalized spacial score (nSPS) is 15.1. The van der Waals surface area contributed by atoms with Gasteiger partial charge in [0.25, 0.3) is 0 Å². The second kappa shape index (κ2) is 6.19. The first-order chi connectivity index (χ1) is 10.9. The Morgan fingerprint density at radius 2 is 1.70 bits per heavy atom. The average molecular weight is 358 g/mol. The minimum absolute atomic E-state index is 0.0981. The van der Waals surface area contributed by atoms with Crippen LogP contribution in [0.5, 0.6) is 0 Å². The highest BCUT2D eigenvalue weighted by atomic mass is 35.5. The number of hydrogen-bond acceptors (Lipinski definition) is 2. The number of rotatable bonds is 5. The molecule has 2 aromatic carbocycles. The van der Waals surface area contributed by atoms with Gasteiger partial charge in [-0.25, -0.2) is 17.2 Å². The monoisotopic (exact) mass is 357 g/mol. The molecule has 0 aliphatic heterocycles. The molecule has 3 nitrogen and oxygen atoms in total. The van der Waals surface area contributed by atoms with Crippen LogP contribution < -0.4 is 0 Å². The lowest BCUT2D eigenvalue weighted by molar-refractivity contribution is 0.388. The van der Waals surface area contributed by atoms with Crippen molar-refractivity contribution in [3.8, 4) is 0 Å². The van der Waals surface area contributed by atoms with Crippen LogP contribution >= 0.6 is 11.6 Å². The van der Waals surface area contributed by atoms with Gasteiger partial charge in [-0.1, -0.05) is 29.8 Å². The molecular weight excluding hydrogens is 344 g/mol. The second-order valence-corrected chi connectivity index (χ2v) is 7.68. The molecule has 0 atom stereocenters. The number of hydrogen-bond donors (Lipinski definition) is 0. The van der Waals surface area contributed by atoms with Gasteiger partial charge in [0, 0.05) is 23.2 Å². The fourth-order valence-electron chi connectivity index (χ4n) is 2.39. The summed E-state index contributed by atoms with van der Waals surface area (Å²) < 4.78 is 54.6. The van der Waals surface area contributed by atoms with Crippen molar-refractivity contribution in [2.45, 2.75) is 30.3 Å². The van der Waals surface area contributed by atoms with Gasteiger partial charge in [-0.15, -0.1) is 0 Å². The maximum Gasteiger partial charge on any atom is 0.246 e. The van der Waals surface area contributed by atoms with Gasteiger partial charge in [0.2, 0.25) is 10.0 Å².